The number of nitrogens with one attached hydrogen (secondary N) is 1. The van der Waals surface area contributed by atoms with E-state index < -0.39 is 0 Å². The van der Waals surface area contributed by atoms with Crippen molar-refractivity contribution < 1.29 is 4.74 Å². The number of benzene rings is 1. The summed E-state index contributed by atoms with van der Waals surface area (Å²) >= 11 is 0. The van der Waals surface area contributed by atoms with Gasteiger partial charge in [0.25, 0.3) is 0 Å². The first-order valence-corrected chi connectivity index (χ1v) is 10.9. The van der Waals surface area contributed by atoms with Crippen molar-refractivity contribution in [1.29, 1.82) is 0 Å². The lowest BCUT2D eigenvalue weighted by Gasteiger charge is -2.08. The fraction of sp³-hybridized carbons (Fsp3) is 0.652. The first kappa shape index (κ1) is 21.6. The highest BCUT2D eigenvalue weighted by molar-refractivity contribution is 5.88. The van der Waals surface area contributed by atoms with Gasteiger partial charge in [-0.3, -0.25) is 0 Å². The molecule has 2 aromatic rings. The van der Waals surface area contributed by atoms with Crippen LogP contribution in [0.5, 0.6) is 0 Å². The quantitative estimate of drug-likeness (QED) is 0.348. The Balaban J connectivity index is 1.40. The number of aromatic nitrogens is 2. The Labute approximate surface area is 165 Å². The highest BCUT2D eigenvalue weighted by atomic mass is 16.5. The predicted octanol–water partition coefficient (Wildman–Crippen LogP) is 6.37. The van der Waals surface area contributed by atoms with E-state index in [-0.39, 0.29) is 0 Å². The van der Waals surface area contributed by atoms with Gasteiger partial charge in [-0.25, -0.2) is 9.97 Å². The van der Waals surface area contributed by atoms with E-state index in [0.29, 0.717) is 0 Å². The molecule has 0 aliphatic carbocycles. The highest BCUT2D eigenvalue weighted by Crippen LogP contribution is 2.18. The van der Waals surface area contributed by atoms with Gasteiger partial charge in [-0.05, 0) is 25.0 Å². The molecule has 27 heavy (non-hydrogen) atoms. The number of anilines is 1. The molecule has 0 atom stereocenters. The van der Waals surface area contributed by atoms with Crippen LogP contribution in [0, 0.1) is 0 Å². The molecule has 0 amide bonds. The number of ether oxygens (including phenoxy) is 1. The second-order valence-corrected chi connectivity index (χ2v) is 7.31. The molecule has 0 radical (unpaired) electrons. The van der Waals surface area contributed by atoms with Crippen LogP contribution in [-0.2, 0) is 4.74 Å². The minimum atomic E-state index is 0.813. The number of rotatable bonds is 16. The van der Waals surface area contributed by atoms with Crippen molar-refractivity contribution >= 4 is 16.7 Å². The molecule has 1 aromatic heterocycles. The Hall–Kier alpha value is -1.68. The summed E-state index contributed by atoms with van der Waals surface area (Å²) in [6, 6.07) is 8.09. The zero-order chi connectivity index (χ0) is 19.0. The van der Waals surface area contributed by atoms with E-state index >= 15 is 0 Å². The second kappa shape index (κ2) is 14.4. The van der Waals surface area contributed by atoms with Crippen LogP contribution in [0.2, 0.25) is 0 Å². The molecule has 0 saturated heterocycles. The van der Waals surface area contributed by atoms with E-state index in [2.05, 4.69) is 28.3 Å². The Bertz CT molecular complexity index is 612. The summed E-state index contributed by atoms with van der Waals surface area (Å²) in [6.45, 7) is 4.86. The summed E-state index contributed by atoms with van der Waals surface area (Å²) in [5, 5.41) is 4.48. The molecule has 1 heterocycles. The van der Waals surface area contributed by atoms with E-state index in [1.54, 1.807) is 6.33 Å². The normalized spacial score (nSPS) is 11.1. The molecule has 0 fully saturated rings. The molecule has 4 nitrogen and oxygen atoms in total. The molecular formula is C23H37N3O. The summed E-state index contributed by atoms with van der Waals surface area (Å²) in [4.78, 5) is 8.63. The maximum atomic E-state index is 5.76. The first-order chi connectivity index (χ1) is 13.4. The monoisotopic (exact) mass is 371 g/mol. The second-order valence-electron chi connectivity index (χ2n) is 7.31. The molecular weight excluding hydrogens is 334 g/mol. The van der Waals surface area contributed by atoms with Crippen LogP contribution >= 0.6 is 0 Å². The van der Waals surface area contributed by atoms with Gasteiger partial charge in [-0.2, -0.15) is 0 Å². The Kier molecular flexibility index (Phi) is 11.5. The number of para-hydroxylation sites is 1. The first-order valence-electron chi connectivity index (χ1n) is 10.9. The number of fused-ring (bicyclic) bond motifs is 1. The van der Waals surface area contributed by atoms with Crippen molar-refractivity contribution in [1.82, 2.24) is 9.97 Å². The van der Waals surface area contributed by atoms with Crippen molar-refractivity contribution in [2.45, 2.75) is 77.6 Å². The van der Waals surface area contributed by atoms with Gasteiger partial charge in [0.2, 0.25) is 0 Å². The van der Waals surface area contributed by atoms with E-state index in [0.717, 1.165) is 42.9 Å². The van der Waals surface area contributed by atoms with Gasteiger partial charge in [-0.1, -0.05) is 76.8 Å². The van der Waals surface area contributed by atoms with Crippen LogP contribution in [0.25, 0.3) is 10.9 Å². The zero-order valence-electron chi connectivity index (χ0n) is 17.1. The van der Waals surface area contributed by atoms with Gasteiger partial charge in [-0.15, -0.1) is 0 Å². The predicted molar refractivity (Wildman–Crippen MR) is 115 cm³/mol. The fourth-order valence-electron chi connectivity index (χ4n) is 3.32. The van der Waals surface area contributed by atoms with Crippen LogP contribution in [0.15, 0.2) is 30.6 Å². The van der Waals surface area contributed by atoms with Crippen molar-refractivity contribution in [3.8, 4) is 0 Å². The van der Waals surface area contributed by atoms with Gasteiger partial charge < -0.3 is 10.1 Å². The van der Waals surface area contributed by atoms with Crippen molar-refractivity contribution in [2.24, 2.45) is 0 Å². The fourth-order valence-corrected chi connectivity index (χ4v) is 3.32. The van der Waals surface area contributed by atoms with E-state index in [4.69, 9.17) is 4.74 Å². The SMILES string of the molecule is CCCCCCCCCCCCOCCCNc1ncnc2ccccc12. The van der Waals surface area contributed by atoms with Crippen molar-refractivity contribution in [3.05, 3.63) is 30.6 Å². The Morgan fingerprint density at radius 3 is 2.22 bits per heavy atom. The molecule has 0 aliphatic heterocycles. The van der Waals surface area contributed by atoms with Crippen molar-refractivity contribution in [3.63, 3.8) is 0 Å². The molecule has 0 bridgehead atoms. The topological polar surface area (TPSA) is 47.0 Å². The largest absolute Gasteiger partial charge is 0.381 e. The lowest BCUT2D eigenvalue weighted by atomic mass is 10.1. The number of nitrogens with zero attached hydrogens (tertiary/aromatic N) is 2. The molecule has 2 rings (SSSR count). The van der Waals surface area contributed by atoms with E-state index in [1.165, 1.54) is 64.2 Å². The summed E-state index contributed by atoms with van der Waals surface area (Å²) < 4.78 is 5.76. The van der Waals surface area contributed by atoms with Crippen LogP contribution in [0.3, 0.4) is 0 Å². The van der Waals surface area contributed by atoms with E-state index in [1.807, 2.05) is 18.2 Å². The molecule has 0 aliphatic rings. The third-order valence-electron chi connectivity index (χ3n) is 4.94. The van der Waals surface area contributed by atoms with Gasteiger partial charge >= 0.3 is 0 Å². The third-order valence-corrected chi connectivity index (χ3v) is 4.94. The van der Waals surface area contributed by atoms with Gasteiger partial charge in [0.05, 0.1) is 5.52 Å². The van der Waals surface area contributed by atoms with Crippen LogP contribution in [0.4, 0.5) is 5.82 Å². The highest BCUT2D eigenvalue weighted by Gasteiger charge is 2.01. The molecule has 0 spiro atoms. The van der Waals surface area contributed by atoms with Gasteiger partial charge in [0, 0.05) is 25.1 Å². The maximum absolute atomic E-state index is 5.76. The zero-order valence-corrected chi connectivity index (χ0v) is 17.1. The van der Waals surface area contributed by atoms with Gasteiger partial charge in [0.15, 0.2) is 0 Å². The summed E-state index contributed by atoms with van der Waals surface area (Å²) in [5.74, 6) is 0.912. The van der Waals surface area contributed by atoms with Gasteiger partial charge in [0.1, 0.15) is 12.1 Å². The Morgan fingerprint density at radius 1 is 0.778 bits per heavy atom. The average Bonchev–Trinajstić information content (AvgIpc) is 2.71. The van der Waals surface area contributed by atoms with Crippen LogP contribution in [-0.4, -0.2) is 29.7 Å². The standard InChI is InChI=1S/C23H37N3O/c1-2-3-4-5-6-7-8-9-10-13-18-27-19-14-17-24-23-21-15-11-12-16-22(21)25-20-26-23/h11-12,15-16,20H,2-10,13-14,17-19H2,1H3,(H,24,25,26). The van der Waals surface area contributed by atoms with Crippen LogP contribution in [0.1, 0.15) is 77.6 Å². The minimum absolute atomic E-state index is 0.813. The smallest absolute Gasteiger partial charge is 0.137 e. The lowest BCUT2D eigenvalue weighted by molar-refractivity contribution is 0.129. The molecule has 1 aromatic carbocycles. The number of hydrogen-bond acceptors (Lipinski definition) is 4. The van der Waals surface area contributed by atoms with Crippen molar-refractivity contribution in [2.75, 3.05) is 25.1 Å². The summed E-state index contributed by atoms with van der Waals surface area (Å²) in [7, 11) is 0. The molecule has 4 heteroatoms. The number of unbranched alkanes of at least 4 members (excludes halogenated alkanes) is 9. The van der Waals surface area contributed by atoms with E-state index in [9.17, 15) is 0 Å². The third kappa shape index (κ3) is 9.18. The molecule has 0 unspecified atom stereocenters. The minimum Gasteiger partial charge on any atom is -0.381 e. The van der Waals surface area contributed by atoms with Crippen LogP contribution < -0.4 is 5.32 Å². The molecule has 0 saturated carbocycles. The average molecular weight is 372 g/mol. The summed E-state index contributed by atoms with van der Waals surface area (Å²) in [5.41, 5.74) is 0.979. The summed E-state index contributed by atoms with van der Waals surface area (Å²) in [6.07, 6.45) is 16.3. The number of hydrogen-bond donors (Lipinski definition) is 1. The maximum Gasteiger partial charge on any atom is 0.137 e. The molecule has 1 N–H and O–H groups in total. The lowest BCUT2D eigenvalue weighted by Crippen LogP contribution is -2.08. The Morgan fingerprint density at radius 2 is 1.44 bits per heavy atom. The molecule has 150 valence electrons.